The Morgan fingerprint density at radius 3 is 0.965 bits per heavy atom. The zero-order chi connectivity index (χ0) is 37.5. The molecule has 4 heteroatoms. The summed E-state index contributed by atoms with van der Waals surface area (Å²) >= 11 is 0. The fourth-order valence-electron chi connectivity index (χ4n) is 9.09. The fraction of sp³-hybridized carbons (Fsp3) is 0. The van der Waals surface area contributed by atoms with Crippen LogP contribution in [0.3, 0.4) is 0 Å². The second-order valence-electron chi connectivity index (χ2n) is 14.8. The standard InChI is InChI=1S/C53H34N4/c1-5-17-35(18-6-1)46-29-39(30-47(54-46)36-19-7-2-8-20-36)57-52-31-42-40-25-13-15-27-48(40)55(37-21-9-3-10-22-37)50(42)33-44(52)45-34-51-43(32-53(45)57)41-26-14-16-28-49(41)56(51)38-23-11-4-12-24-38/h1-34H. The third kappa shape index (κ3) is 4.84. The van der Waals surface area contributed by atoms with Crippen LogP contribution in [0.4, 0.5) is 0 Å². The first kappa shape index (κ1) is 31.6. The number of hydrogen-bond donors (Lipinski definition) is 0. The molecule has 0 atom stereocenters. The lowest BCUT2D eigenvalue weighted by Gasteiger charge is -2.14. The first-order valence-corrected chi connectivity index (χ1v) is 19.5. The van der Waals surface area contributed by atoms with E-state index in [4.69, 9.17) is 4.98 Å². The third-order valence-corrected chi connectivity index (χ3v) is 11.6. The molecule has 57 heavy (non-hydrogen) atoms. The number of benzene rings is 8. The minimum atomic E-state index is 0.936. The van der Waals surface area contributed by atoms with Crippen LogP contribution in [0.25, 0.3) is 105 Å². The molecule has 0 aliphatic heterocycles. The van der Waals surface area contributed by atoms with E-state index in [1.165, 1.54) is 54.4 Å². The lowest BCUT2D eigenvalue weighted by Crippen LogP contribution is -1.98. The first-order valence-electron chi connectivity index (χ1n) is 19.5. The van der Waals surface area contributed by atoms with Crippen molar-refractivity contribution in [2.75, 3.05) is 0 Å². The third-order valence-electron chi connectivity index (χ3n) is 11.6. The van der Waals surface area contributed by atoms with Crippen molar-refractivity contribution >= 4 is 65.4 Å². The predicted octanol–water partition coefficient (Wildman–Crippen LogP) is 13.7. The summed E-state index contributed by atoms with van der Waals surface area (Å²) in [6.07, 6.45) is 0. The van der Waals surface area contributed by atoms with Gasteiger partial charge in [0.25, 0.3) is 0 Å². The molecule has 0 aliphatic carbocycles. The average molecular weight is 727 g/mol. The number of pyridine rings is 1. The molecule has 4 aromatic heterocycles. The highest BCUT2D eigenvalue weighted by atomic mass is 15.0. The molecular weight excluding hydrogens is 693 g/mol. The Hall–Kier alpha value is -7.69. The van der Waals surface area contributed by atoms with E-state index in [0.717, 1.165) is 50.6 Å². The molecule has 0 unspecified atom stereocenters. The van der Waals surface area contributed by atoms with Crippen LogP contribution < -0.4 is 0 Å². The Balaban J connectivity index is 1.27. The van der Waals surface area contributed by atoms with Gasteiger partial charge in [0, 0.05) is 54.8 Å². The van der Waals surface area contributed by atoms with Crippen LogP contribution in [0.15, 0.2) is 206 Å². The Labute approximate surface area is 328 Å². The molecular formula is C53H34N4. The van der Waals surface area contributed by atoms with Crippen molar-refractivity contribution in [3.63, 3.8) is 0 Å². The van der Waals surface area contributed by atoms with E-state index < -0.39 is 0 Å². The van der Waals surface area contributed by atoms with E-state index in [-0.39, 0.29) is 0 Å². The minimum Gasteiger partial charge on any atom is -0.309 e. The summed E-state index contributed by atoms with van der Waals surface area (Å²) in [4.78, 5) is 5.28. The topological polar surface area (TPSA) is 27.7 Å². The van der Waals surface area contributed by atoms with Gasteiger partial charge >= 0.3 is 0 Å². The van der Waals surface area contributed by atoms with Gasteiger partial charge in [0.15, 0.2) is 0 Å². The molecule has 0 N–H and O–H groups in total. The van der Waals surface area contributed by atoms with Crippen LogP contribution in [-0.2, 0) is 0 Å². The number of nitrogens with zero attached hydrogens (tertiary/aromatic N) is 4. The van der Waals surface area contributed by atoms with E-state index in [9.17, 15) is 0 Å². The molecule has 0 saturated heterocycles. The van der Waals surface area contributed by atoms with Crippen molar-refractivity contribution in [3.05, 3.63) is 206 Å². The van der Waals surface area contributed by atoms with E-state index in [2.05, 4.69) is 220 Å². The van der Waals surface area contributed by atoms with Gasteiger partial charge < -0.3 is 13.7 Å². The zero-order valence-corrected chi connectivity index (χ0v) is 30.9. The number of aromatic nitrogens is 4. The van der Waals surface area contributed by atoms with Crippen molar-refractivity contribution in [2.45, 2.75) is 0 Å². The molecule has 12 rings (SSSR count). The maximum atomic E-state index is 5.28. The van der Waals surface area contributed by atoms with E-state index in [1.807, 2.05) is 0 Å². The summed E-state index contributed by atoms with van der Waals surface area (Å²) in [5.74, 6) is 0. The lowest BCUT2D eigenvalue weighted by molar-refractivity contribution is 1.16. The summed E-state index contributed by atoms with van der Waals surface area (Å²) in [7, 11) is 0. The smallest absolute Gasteiger partial charge is 0.0730 e. The average Bonchev–Trinajstić information content (AvgIpc) is 3.90. The highest BCUT2D eigenvalue weighted by Crippen LogP contribution is 2.43. The van der Waals surface area contributed by atoms with Crippen LogP contribution in [0.2, 0.25) is 0 Å². The highest BCUT2D eigenvalue weighted by molar-refractivity contribution is 6.22. The van der Waals surface area contributed by atoms with Gasteiger partial charge in [0.05, 0.1) is 50.2 Å². The quantitative estimate of drug-likeness (QED) is 0.174. The largest absolute Gasteiger partial charge is 0.309 e. The molecule has 0 fully saturated rings. The van der Waals surface area contributed by atoms with E-state index in [0.29, 0.717) is 0 Å². The summed E-state index contributed by atoms with van der Waals surface area (Å²) in [5, 5.41) is 7.29. The van der Waals surface area contributed by atoms with Crippen LogP contribution in [-0.4, -0.2) is 18.7 Å². The number of hydrogen-bond acceptors (Lipinski definition) is 1. The monoisotopic (exact) mass is 726 g/mol. The molecule has 4 heterocycles. The van der Waals surface area contributed by atoms with Gasteiger partial charge in [0.1, 0.15) is 0 Å². The summed E-state index contributed by atoms with van der Waals surface area (Å²) in [6, 6.07) is 74.3. The van der Waals surface area contributed by atoms with Gasteiger partial charge in [-0.25, -0.2) is 4.98 Å². The van der Waals surface area contributed by atoms with Gasteiger partial charge in [-0.3, -0.25) is 0 Å². The van der Waals surface area contributed by atoms with Crippen molar-refractivity contribution in [1.82, 2.24) is 18.7 Å². The van der Waals surface area contributed by atoms with Gasteiger partial charge in [0.2, 0.25) is 0 Å². The maximum Gasteiger partial charge on any atom is 0.0730 e. The van der Waals surface area contributed by atoms with Gasteiger partial charge in [-0.1, -0.05) is 133 Å². The second kappa shape index (κ2) is 12.4. The van der Waals surface area contributed by atoms with Crippen molar-refractivity contribution < 1.29 is 0 Å². The number of rotatable bonds is 5. The number of fused-ring (bicyclic) bond motifs is 9. The molecule has 12 aromatic rings. The van der Waals surface area contributed by atoms with Crippen LogP contribution in [0, 0.1) is 0 Å². The van der Waals surface area contributed by atoms with Crippen LogP contribution in [0.5, 0.6) is 0 Å². The molecule has 266 valence electrons. The molecule has 4 nitrogen and oxygen atoms in total. The normalized spacial score (nSPS) is 11.9. The Morgan fingerprint density at radius 1 is 0.246 bits per heavy atom. The van der Waals surface area contributed by atoms with Gasteiger partial charge in [-0.2, -0.15) is 0 Å². The SMILES string of the molecule is c1ccc(-c2cc(-n3c4cc5c6ccccc6n(-c6ccccc6)c5cc4c4cc5c(cc43)c3ccccc3n5-c3ccccc3)cc(-c3ccccc3)n2)cc1. The lowest BCUT2D eigenvalue weighted by atomic mass is 10.1. The first-order chi connectivity index (χ1) is 28.3. The predicted molar refractivity (Wildman–Crippen MR) is 238 cm³/mol. The Bertz CT molecular complexity index is 3260. The molecule has 0 spiro atoms. The molecule has 0 saturated carbocycles. The summed E-state index contributed by atoms with van der Waals surface area (Å²) in [5.41, 5.74) is 14.5. The number of para-hydroxylation sites is 4. The molecule has 0 aliphatic rings. The van der Waals surface area contributed by atoms with Crippen molar-refractivity contribution in [2.24, 2.45) is 0 Å². The van der Waals surface area contributed by atoms with Gasteiger partial charge in [-0.05, 0) is 72.8 Å². The zero-order valence-electron chi connectivity index (χ0n) is 30.9. The minimum absolute atomic E-state index is 0.936. The summed E-state index contributed by atoms with van der Waals surface area (Å²) < 4.78 is 7.31. The van der Waals surface area contributed by atoms with Crippen molar-refractivity contribution in [3.8, 4) is 39.6 Å². The van der Waals surface area contributed by atoms with E-state index in [1.54, 1.807) is 0 Å². The fourth-order valence-corrected chi connectivity index (χ4v) is 9.09. The maximum absolute atomic E-state index is 5.28. The highest BCUT2D eigenvalue weighted by Gasteiger charge is 2.22. The second-order valence-corrected chi connectivity index (χ2v) is 14.8. The van der Waals surface area contributed by atoms with Crippen LogP contribution >= 0.6 is 0 Å². The van der Waals surface area contributed by atoms with E-state index >= 15 is 0 Å². The molecule has 8 aromatic carbocycles. The Morgan fingerprint density at radius 2 is 0.561 bits per heavy atom. The molecule has 0 amide bonds. The van der Waals surface area contributed by atoms with Crippen LogP contribution in [0.1, 0.15) is 0 Å². The van der Waals surface area contributed by atoms with Crippen molar-refractivity contribution in [1.29, 1.82) is 0 Å². The Kier molecular flexibility index (Phi) is 6.89. The molecule has 0 bridgehead atoms. The molecule has 0 radical (unpaired) electrons. The van der Waals surface area contributed by atoms with Gasteiger partial charge in [-0.15, -0.1) is 0 Å². The summed E-state index contributed by atoms with van der Waals surface area (Å²) in [6.45, 7) is 0.